The van der Waals surface area contributed by atoms with Gasteiger partial charge in [-0.1, -0.05) is 18.2 Å². The third kappa shape index (κ3) is 3.23. The molecule has 2 N–H and O–H groups in total. The SMILES string of the molecule is CC(NC(=O)[C@@H]1CC=CC[C@@H]1C(=O)O)c1ccccn1. The Morgan fingerprint density at radius 1 is 1.30 bits per heavy atom. The molecule has 0 saturated heterocycles. The molecule has 1 aliphatic carbocycles. The lowest BCUT2D eigenvalue weighted by Crippen LogP contribution is -2.39. The highest BCUT2D eigenvalue weighted by molar-refractivity contribution is 5.85. The molecule has 0 saturated carbocycles. The molecule has 3 atom stereocenters. The molecule has 0 spiro atoms. The first-order valence-electron chi connectivity index (χ1n) is 6.68. The van der Waals surface area contributed by atoms with Gasteiger partial charge in [0.15, 0.2) is 0 Å². The van der Waals surface area contributed by atoms with Crippen molar-refractivity contribution in [2.45, 2.75) is 25.8 Å². The molecule has 1 aromatic heterocycles. The zero-order valence-electron chi connectivity index (χ0n) is 11.3. The molecule has 2 rings (SSSR count). The Balaban J connectivity index is 2.04. The van der Waals surface area contributed by atoms with Gasteiger partial charge in [0.25, 0.3) is 0 Å². The van der Waals surface area contributed by atoms with Gasteiger partial charge in [-0.2, -0.15) is 0 Å². The maximum atomic E-state index is 12.3. The fraction of sp³-hybridized carbons (Fsp3) is 0.400. The highest BCUT2D eigenvalue weighted by Gasteiger charge is 2.34. The Kier molecular flexibility index (Phi) is 4.50. The van der Waals surface area contributed by atoms with Crippen molar-refractivity contribution in [3.8, 4) is 0 Å². The van der Waals surface area contributed by atoms with Gasteiger partial charge in [0, 0.05) is 6.20 Å². The van der Waals surface area contributed by atoms with E-state index in [0.29, 0.717) is 12.8 Å². The summed E-state index contributed by atoms with van der Waals surface area (Å²) in [5.74, 6) is -2.29. The first kappa shape index (κ1) is 14.2. The summed E-state index contributed by atoms with van der Waals surface area (Å²) in [4.78, 5) is 27.6. The first-order chi connectivity index (χ1) is 9.59. The zero-order valence-corrected chi connectivity index (χ0v) is 11.3. The Bertz CT molecular complexity index is 513. The van der Waals surface area contributed by atoms with Crippen LogP contribution < -0.4 is 5.32 Å². The minimum atomic E-state index is -0.917. The second-order valence-corrected chi connectivity index (χ2v) is 4.98. The summed E-state index contributed by atoms with van der Waals surface area (Å²) in [6, 6.07) is 5.27. The number of carbonyl (C=O) groups excluding carboxylic acids is 1. The molecule has 1 aromatic rings. The molecular formula is C15H18N2O3. The number of rotatable bonds is 4. The second-order valence-electron chi connectivity index (χ2n) is 4.98. The zero-order chi connectivity index (χ0) is 14.5. The summed E-state index contributed by atoms with van der Waals surface area (Å²) < 4.78 is 0. The van der Waals surface area contributed by atoms with Crippen LogP contribution in [0.15, 0.2) is 36.5 Å². The molecule has 0 aromatic carbocycles. The fourth-order valence-corrected chi connectivity index (χ4v) is 2.40. The van der Waals surface area contributed by atoms with Gasteiger partial charge >= 0.3 is 5.97 Å². The van der Waals surface area contributed by atoms with Crippen LogP contribution in [-0.4, -0.2) is 22.0 Å². The molecule has 0 fully saturated rings. The number of nitrogens with zero attached hydrogens (tertiary/aromatic N) is 1. The van der Waals surface area contributed by atoms with Crippen LogP contribution in [0.2, 0.25) is 0 Å². The summed E-state index contributed by atoms with van der Waals surface area (Å²) in [6.45, 7) is 1.84. The van der Waals surface area contributed by atoms with Crippen LogP contribution in [0.3, 0.4) is 0 Å². The summed E-state index contributed by atoms with van der Waals surface area (Å²) in [6.07, 6.45) is 6.24. The molecule has 20 heavy (non-hydrogen) atoms. The van der Waals surface area contributed by atoms with E-state index in [0.717, 1.165) is 5.69 Å². The quantitative estimate of drug-likeness (QED) is 0.822. The van der Waals surface area contributed by atoms with E-state index in [-0.39, 0.29) is 11.9 Å². The van der Waals surface area contributed by atoms with Gasteiger partial charge in [-0.15, -0.1) is 0 Å². The molecule has 1 heterocycles. The van der Waals surface area contributed by atoms with Gasteiger partial charge in [0.1, 0.15) is 0 Å². The Hall–Kier alpha value is -2.17. The summed E-state index contributed by atoms with van der Waals surface area (Å²) in [5.41, 5.74) is 0.763. The molecule has 0 bridgehead atoms. The number of aromatic nitrogens is 1. The van der Waals surface area contributed by atoms with Gasteiger partial charge < -0.3 is 10.4 Å². The van der Waals surface area contributed by atoms with Gasteiger partial charge in [0.05, 0.1) is 23.6 Å². The third-order valence-electron chi connectivity index (χ3n) is 3.58. The number of carboxylic acids is 1. The van der Waals surface area contributed by atoms with Crippen molar-refractivity contribution in [1.29, 1.82) is 0 Å². The van der Waals surface area contributed by atoms with Crippen molar-refractivity contribution in [2.24, 2.45) is 11.8 Å². The number of hydrogen-bond donors (Lipinski definition) is 2. The van der Waals surface area contributed by atoms with Crippen LogP contribution in [-0.2, 0) is 9.59 Å². The normalized spacial score (nSPS) is 23.1. The average molecular weight is 274 g/mol. The van der Waals surface area contributed by atoms with Gasteiger partial charge in [-0.3, -0.25) is 14.6 Å². The smallest absolute Gasteiger partial charge is 0.307 e. The van der Waals surface area contributed by atoms with Crippen molar-refractivity contribution >= 4 is 11.9 Å². The largest absolute Gasteiger partial charge is 0.481 e. The van der Waals surface area contributed by atoms with Crippen molar-refractivity contribution in [3.63, 3.8) is 0 Å². The fourth-order valence-electron chi connectivity index (χ4n) is 2.40. The predicted molar refractivity (Wildman–Crippen MR) is 73.8 cm³/mol. The number of pyridine rings is 1. The number of nitrogens with one attached hydrogen (secondary N) is 1. The van der Waals surface area contributed by atoms with Gasteiger partial charge in [-0.25, -0.2) is 0 Å². The molecule has 5 heteroatoms. The monoisotopic (exact) mass is 274 g/mol. The van der Waals surface area contributed by atoms with E-state index in [9.17, 15) is 14.7 Å². The summed E-state index contributed by atoms with van der Waals surface area (Å²) in [5, 5.41) is 12.0. The Labute approximate surface area is 117 Å². The van der Waals surface area contributed by atoms with E-state index in [1.165, 1.54) is 0 Å². The number of aliphatic carboxylic acids is 1. The van der Waals surface area contributed by atoms with Crippen LogP contribution in [0.25, 0.3) is 0 Å². The van der Waals surface area contributed by atoms with Crippen molar-refractivity contribution in [3.05, 3.63) is 42.2 Å². The van der Waals surface area contributed by atoms with Gasteiger partial charge in [-0.05, 0) is 31.9 Å². The molecule has 0 aliphatic heterocycles. The van der Waals surface area contributed by atoms with Crippen LogP contribution in [0.5, 0.6) is 0 Å². The van der Waals surface area contributed by atoms with E-state index in [1.807, 2.05) is 37.3 Å². The molecule has 1 unspecified atom stereocenters. The van der Waals surface area contributed by atoms with E-state index >= 15 is 0 Å². The maximum absolute atomic E-state index is 12.3. The van der Waals surface area contributed by atoms with Gasteiger partial charge in [0.2, 0.25) is 5.91 Å². The van der Waals surface area contributed by atoms with E-state index in [4.69, 9.17) is 0 Å². The first-order valence-corrected chi connectivity index (χ1v) is 6.68. The molecule has 1 aliphatic rings. The lowest BCUT2D eigenvalue weighted by atomic mass is 9.82. The minimum Gasteiger partial charge on any atom is -0.481 e. The Morgan fingerprint density at radius 2 is 2.00 bits per heavy atom. The number of amides is 1. The van der Waals surface area contributed by atoms with Crippen molar-refractivity contribution < 1.29 is 14.7 Å². The molecule has 0 radical (unpaired) electrons. The lowest BCUT2D eigenvalue weighted by molar-refractivity contribution is -0.147. The highest BCUT2D eigenvalue weighted by Crippen LogP contribution is 2.26. The van der Waals surface area contributed by atoms with E-state index in [2.05, 4.69) is 10.3 Å². The Morgan fingerprint density at radius 3 is 2.60 bits per heavy atom. The van der Waals surface area contributed by atoms with Crippen LogP contribution >= 0.6 is 0 Å². The molecule has 1 amide bonds. The van der Waals surface area contributed by atoms with E-state index < -0.39 is 17.8 Å². The third-order valence-corrected chi connectivity index (χ3v) is 3.58. The highest BCUT2D eigenvalue weighted by atomic mass is 16.4. The topological polar surface area (TPSA) is 79.3 Å². The summed E-state index contributed by atoms with van der Waals surface area (Å²) >= 11 is 0. The molecule has 106 valence electrons. The average Bonchev–Trinajstić information content (AvgIpc) is 2.48. The van der Waals surface area contributed by atoms with Crippen LogP contribution in [0.1, 0.15) is 31.5 Å². The van der Waals surface area contributed by atoms with Crippen molar-refractivity contribution in [1.82, 2.24) is 10.3 Å². The number of carbonyl (C=O) groups is 2. The standard InChI is InChI=1S/C15H18N2O3/c1-10(13-8-4-5-9-16-13)17-14(18)11-6-2-3-7-12(11)15(19)20/h2-5,8-12H,6-7H2,1H3,(H,17,18)(H,19,20)/t10?,11-,12+/m1/s1. The lowest BCUT2D eigenvalue weighted by Gasteiger charge is -2.25. The number of carboxylic acid groups (broad SMARTS) is 1. The van der Waals surface area contributed by atoms with Crippen molar-refractivity contribution in [2.75, 3.05) is 0 Å². The molecular weight excluding hydrogens is 256 g/mol. The molecule has 5 nitrogen and oxygen atoms in total. The van der Waals surface area contributed by atoms with E-state index in [1.54, 1.807) is 6.20 Å². The summed E-state index contributed by atoms with van der Waals surface area (Å²) in [7, 11) is 0. The van der Waals surface area contributed by atoms with Crippen LogP contribution in [0, 0.1) is 11.8 Å². The van der Waals surface area contributed by atoms with Crippen LogP contribution in [0.4, 0.5) is 0 Å². The minimum absolute atomic E-state index is 0.222. The number of hydrogen-bond acceptors (Lipinski definition) is 3. The predicted octanol–water partition coefficient (Wildman–Crippen LogP) is 1.93. The number of allylic oxidation sites excluding steroid dienone is 2. The maximum Gasteiger partial charge on any atom is 0.307 e. The second kappa shape index (κ2) is 6.32.